The number of rotatable bonds is 5. The first-order valence-corrected chi connectivity index (χ1v) is 9.93. The first-order chi connectivity index (χ1) is 13.3. The van der Waals surface area contributed by atoms with Gasteiger partial charge in [-0.15, -0.1) is 0 Å². The third-order valence-electron chi connectivity index (χ3n) is 6.02. The van der Waals surface area contributed by atoms with Crippen LogP contribution in [-0.4, -0.2) is 43.6 Å². The van der Waals surface area contributed by atoms with Gasteiger partial charge in [0, 0.05) is 23.0 Å². The van der Waals surface area contributed by atoms with E-state index in [-0.39, 0.29) is 18.4 Å². The summed E-state index contributed by atoms with van der Waals surface area (Å²) in [5.41, 5.74) is 2.24. The summed E-state index contributed by atoms with van der Waals surface area (Å²) in [4.78, 5) is 33.4. The molecule has 8 heteroatoms. The highest BCUT2D eigenvalue weighted by molar-refractivity contribution is 5.84. The zero-order valence-corrected chi connectivity index (χ0v) is 17.2. The van der Waals surface area contributed by atoms with Gasteiger partial charge in [-0.05, 0) is 39.0 Å². The average molecular weight is 387 g/mol. The van der Waals surface area contributed by atoms with Crippen molar-refractivity contribution in [3.8, 4) is 0 Å². The minimum atomic E-state index is -0.833. The lowest BCUT2D eigenvalue weighted by molar-refractivity contribution is -0.154. The Balaban J connectivity index is 1.60. The maximum absolute atomic E-state index is 12.5. The van der Waals surface area contributed by atoms with Crippen LogP contribution < -0.4 is 5.32 Å². The number of ether oxygens (including phenoxy) is 1. The average Bonchev–Trinajstić information content (AvgIpc) is 3.10. The summed E-state index contributed by atoms with van der Waals surface area (Å²) in [7, 11) is 0. The normalized spacial score (nSPS) is 23.4. The van der Waals surface area contributed by atoms with Crippen LogP contribution in [0.3, 0.4) is 0 Å². The summed E-state index contributed by atoms with van der Waals surface area (Å²) in [6.07, 6.45) is 3.91. The van der Waals surface area contributed by atoms with Gasteiger partial charge < -0.3 is 10.1 Å². The Morgan fingerprint density at radius 2 is 2.07 bits per heavy atom. The minimum absolute atomic E-state index is 0.0367. The predicted octanol–water partition coefficient (Wildman–Crippen LogP) is 2.16. The minimum Gasteiger partial charge on any atom is -0.452 e. The largest absolute Gasteiger partial charge is 0.452 e. The Morgan fingerprint density at radius 3 is 2.82 bits per heavy atom. The first-order valence-electron chi connectivity index (χ1n) is 9.93. The molecule has 0 spiro atoms. The van der Waals surface area contributed by atoms with E-state index >= 15 is 0 Å². The van der Waals surface area contributed by atoms with Crippen molar-refractivity contribution in [3.05, 3.63) is 23.3 Å². The summed E-state index contributed by atoms with van der Waals surface area (Å²) >= 11 is 0. The fraction of sp³-hybridized carbons (Fsp3) is 0.650. The van der Waals surface area contributed by atoms with Crippen molar-refractivity contribution >= 4 is 17.7 Å². The van der Waals surface area contributed by atoms with E-state index in [9.17, 15) is 9.59 Å². The molecule has 0 aromatic carbocycles. The lowest BCUT2D eigenvalue weighted by Gasteiger charge is -2.35. The van der Waals surface area contributed by atoms with Crippen LogP contribution >= 0.6 is 0 Å². The van der Waals surface area contributed by atoms with Gasteiger partial charge in [0.1, 0.15) is 6.33 Å². The molecule has 8 nitrogen and oxygen atoms in total. The second-order valence-corrected chi connectivity index (χ2v) is 7.92. The number of hydrogen-bond donors (Lipinski definition) is 1. The molecule has 0 aliphatic heterocycles. The number of carbonyl (C=O) groups excluding carboxylic acids is 2. The molecule has 0 bridgehead atoms. The Morgan fingerprint density at radius 1 is 1.32 bits per heavy atom. The number of nitrogens with one attached hydrogen (secondary N) is 1. The van der Waals surface area contributed by atoms with Crippen LogP contribution in [0, 0.1) is 25.7 Å². The lowest BCUT2D eigenvalue weighted by atomic mass is 9.78. The second-order valence-electron chi connectivity index (χ2n) is 7.92. The summed E-state index contributed by atoms with van der Waals surface area (Å²) in [5, 5.41) is 7.18. The van der Waals surface area contributed by atoms with Crippen molar-refractivity contribution in [1.29, 1.82) is 0 Å². The zero-order valence-electron chi connectivity index (χ0n) is 17.2. The van der Waals surface area contributed by atoms with E-state index < -0.39 is 12.1 Å². The molecule has 2 aromatic heterocycles. The van der Waals surface area contributed by atoms with Gasteiger partial charge in [0.05, 0.1) is 6.42 Å². The van der Waals surface area contributed by atoms with Gasteiger partial charge in [0.25, 0.3) is 11.7 Å². The van der Waals surface area contributed by atoms with Crippen LogP contribution in [0.1, 0.15) is 57.0 Å². The number of fused-ring (bicyclic) bond motifs is 1. The van der Waals surface area contributed by atoms with E-state index in [4.69, 9.17) is 4.74 Å². The number of hydrogen-bond acceptors (Lipinski definition) is 6. The standard InChI is InChI=1S/C20H29N5O3/c1-11-7-6-8-17(12(11)2)24-19(27)15(5)28-18(26)9-16-13(3)23-20-21-10-22-25(20)14(16)4/h10-12,15,17H,6-9H2,1-5H3,(H,24,27)/t11-,12-,15+,17-/m0/s1. The molecule has 152 valence electrons. The molecule has 1 aliphatic rings. The number of nitrogens with zero attached hydrogens (tertiary/aromatic N) is 4. The predicted molar refractivity (Wildman–Crippen MR) is 104 cm³/mol. The van der Waals surface area contributed by atoms with Crippen molar-refractivity contribution < 1.29 is 14.3 Å². The Bertz CT molecular complexity index is 878. The molecule has 0 saturated heterocycles. The lowest BCUT2D eigenvalue weighted by Crippen LogP contribution is -2.47. The molecule has 0 radical (unpaired) electrons. The van der Waals surface area contributed by atoms with Crippen molar-refractivity contribution in [2.45, 2.75) is 72.4 Å². The smallest absolute Gasteiger partial charge is 0.311 e. The Hall–Kier alpha value is -2.51. The molecule has 4 atom stereocenters. The molecule has 1 amide bonds. The Labute approximate surface area is 165 Å². The number of aromatic nitrogens is 4. The van der Waals surface area contributed by atoms with Gasteiger partial charge in [-0.25, -0.2) is 9.50 Å². The van der Waals surface area contributed by atoms with E-state index in [0.717, 1.165) is 24.1 Å². The molecule has 1 fully saturated rings. The molecule has 1 saturated carbocycles. The number of amides is 1. The van der Waals surface area contributed by atoms with Crippen LogP contribution in [0.5, 0.6) is 0 Å². The third-order valence-corrected chi connectivity index (χ3v) is 6.02. The highest BCUT2D eigenvalue weighted by Gasteiger charge is 2.30. The SMILES string of the molecule is Cc1nc2ncnn2c(C)c1CC(=O)O[C@H](C)C(=O)N[C@H]1CCC[C@H](C)[C@@H]1C. The van der Waals surface area contributed by atoms with Gasteiger partial charge in [0.15, 0.2) is 6.10 Å². The van der Waals surface area contributed by atoms with Gasteiger partial charge in [-0.1, -0.05) is 26.7 Å². The quantitative estimate of drug-likeness (QED) is 0.790. The van der Waals surface area contributed by atoms with Gasteiger partial charge >= 0.3 is 5.97 Å². The summed E-state index contributed by atoms with van der Waals surface area (Å²) < 4.78 is 6.99. The zero-order chi connectivity index (χ0) is 20.4. The summed E-state index contributed by atoms with van der Waals surface area (Å²) in [6.45, 7) is 9.69. The van der Waals surface area contributed by atoms with Gasteiger partial charge in [-0.2, -0.15) is 10.1 Å². The van der Waals surface area contributed by atoms with E-state index in [2.05, 4.69) is 34.2 Å². The van der Waals surface area contributed by atoms with E-state index in [0.29, 0.717) is 23.3 Å². The molecule has 28 heavy (non-hydrogen) atoms. The van der Waals surface area contributed by atoms with E-state index in [1.807, 2.05) is 13.8 Å². The summed E-state index contributed by atoms with van der Waals surface area (Å²) in [5.74, 6) is 0.807. The van der Waals surface area contributed by atoms with Crippen LogP contribution in [0.4, 0.5) is 0 Å². The first kappa shape index (κ1) is 20.2. The maximum Gasteiger partial charge on any atom is 0.311 e. The molecule has 2 aromatic rings. The maximum atomic E-state index is 12.5. The highest BCUT2D eigenvalue weighted by atomic mass is 16.5. The third kappa shape index (κ3) is 4.15. The molecular weight excluding hydrogens is 358 g/mol. The molecule has 1 N–H and O–H groups in total. The van der Waals surface area contributed by atoms with Gasteiger partial charge in [-0.3, -0.25) is 9.59 Å². The van der Waals surface area contributed by atoms with Crippen molar-refractivity contribution in [2.24, 2.45) is 11.8 Å². The highest BCUT2D eigenvalue weighted by Crippen LogP contribution is 2.29. The fourth-order valence-electron chi connectivity index (χ4n) is 3.93. The molecule has 3 rings (SSSR count). The molecule has 0 unspecified atom stereocenters. The molecule has 2 heterocycles. The number of aryl methyl sites for hydroxylation is 2. The number of carbonyl (C=O) groups is 2. The van der Waals surface area contributed by atoms with E-state index in [1.165, 1.54) is 12.7 Å². The monoisotopic (exact) mass is 387 g/mol. The van der Waals surface area contributed by atoms with Crippen molar-refractivity contribution in [3.63, 3.8) is 0 Å². The summed E-state index contributed by atoms with van der Waals surface area (Å²) in [6, 6.07) is 0.140. The fourth-order valence-corrected chi connectivity index (χ4v) is 3.93. The van der Waals surface area contributed by atoms with Crippen LogP contribution in [0.25, 0.3) is 5.78 Å². The van der Waals surface area contributed by atoms with Crippen LogP contribution in [0.2, 0.25) is 0 Å². The van der Waals surface area contributed by atoms with E-state index in [1.54, 1.807) is 11.4 Å². The number of esters is 1. The van der Waals surface area contributed by atoms with Crippen molar-refractivity contribution in [1.82, 2.24) is 24.9 Å². The molecule has 1 aliphatic carbocycles. The second kappa shape index (κ2) is 8.24. The van der Waals surface area contributed by atoms with Crippen molar-refractivity contribution in [2.75, 3.05) is 0 Å². The Kier molecular flexibility index (Phi) is 5.96. The molecular formula is C20H29N5O3. The van der Waals surface area contributed by atoms with Crippen LogP contribution in [0.15, 0.2) is 6.33 Å². The van der Waals surface area contributed by atoms with Crippen LogP contribution in [-0.2, 0) is 20.7 Å². The van der Waals surface area contributed by atoms with Gasteiger partial charge in [0.2, 0.25) is 0 Å². The topological polar surface area (TPSA) is 98.5 Å².